The molecule has 3 aliphatic carbocycles. The zero-order valence-corrected chi connectivity index (χ0v) is 27.9. The second kappa shape index (κ2) is 14.6. The number of carboxylic acids is 2. The third-order valence-corrected chi connectivity index (χ3v) is 11.3. The van der Waals surface area contributed by atoms with E-state index in [-0.39, 0.29) is 24.3 Å². The monoisotopic (exact) mass is 687 g/mol. The molecule has 4 aliphatic rings. The largest absolute Gasteiger partial charge is 0.480 e. The summed E-state index contributed by atoms with van der Waals surface area (Å²) in [7, 11) is 0. The van der Waals surface area contributed by atoms with Crippen molar-refractivity contribution in [2.45, 2.75) is 64.9 Å². The molecule has 3 fully saturated rings. The number of hydrogen-bond acceptors (Lipinski definition) is 11. The maximum absolute atomic E-state index is 15.1. The lowest BCUT2D eigenvalue weighted by Gasteiger charge is -2.58. The average Bonchev–Trinajstić information content (AvgIpc) is 3.25. The third-order valence-electron chi connectivity index (χ3n) is 10.2. The molecule has 0 aromatic heterocycles. The van der Waals surface area contributed by atoms with Crippen LogP contribution in [0.4, 0.5) is 0 Å². The van der Waals surface area contributed by atoms with Crippen molar-refractivity contribution in [1.82, 2.24) is 5.32 Å². The van der Waals surface area contributed by atoms with Crippen molar-refractivity contribution < 1.29 is 58.4 Å². The SMILES string of the molecule is CC(=O)N[C@@H](CSCC1OC(=O)[C@@]2(C1=O)C(=O)[C@@]1(C)[C@@H](C=C[C@H]3[C@H](O)[C@@H](C)[C@H](OC(C)=O)C[C@@H]31)C[C@H]2/C=C/C=C/C=C/C(=O)O)C(=O)O. The fourth-order valence-corrected chi connectivity index (χ4v) is 8.84. The average molecular weight is 688 g/mol. The van der Waals surface area contributed by atoms with E-state index < -0.39 is 106 Å². The van der Waals surface area contributed by atoms with Crippen molar-refractivity contribution in [1.29, 1.82) is 0 Å². The normalized spacial score (nSPS) is 36.6. The van der Waals surface area contributed by atoms with Gasteiger partial charge >= 0.3 is 23.9 Å². The first-order valence-corrected chi connectivity index (χ1v) is 16.9. The van der Waals surface area contributed by atoms with E-state index in [9.17, 15) is 39.0 Å². The second-order valence-corrected chi connectivity index (χ2v) is 14.1. The Morgan fingerprint density at radius 1 is 1.08 bits per heavy atom. The number of ketones is 2. The summed E-state index contributed by atoms with van der Waals surface area (Å²) in [5.41, 5.74) is -3.58. The first-order chi connectivity index (χ1) is 22.6. The fraction of sp³-hybridized carbons (Fsp3) is 0.559. The van der Waals surface area contributed by atoms with Crippen molar-refractivity contribution in [2.75, 3.05) is 11.5 Å². The van der Waals surface area contributed by atoms with E-state index in [0.29, 0.717) is 0 Å². The minimum absolute atomic E-state index is 0.128. The Balaban J connectivity index is 1.72. The number of carbonyl (C=O) groups is 7. The summed E-state index contributed by atoms with van der Waals surface area (Å²) in [6.45, 7) is 5.90. The summed E-state index contributed by atoms with van der Waals surface area (Å²) in [5, 5.41) is 31.9. The molecule has 0 aromatic rings. The minimum atomic E-state index is -2.25. The second-order valence-electron chi connectivity index (χ2n) is 13.0. The van der Waals surface area contributed by atoms with Crippen LogP contribution in [0.1, 0.15) is 40.5 Å². The first-order valence-electron chi connectivity index (χ1n) is 15.7. The number of amides is 1. The summed E-state index contributed by atoms with van der Waals surface area (Å²) in [6.07, 6.45) is 9.35. The minimum Gasteiger partial charge on any atom is -0.480 e. The Labute approximate surface area is 281 Å². The molecule has 1 amide bonds. The Morgan fingerprint density at radius 2 is 1.77 bits per heavy atom. The molecule has 1 unspecified atom stereocenters. The zero-order valence-electron chi connectivity index (χ0n) is 27.1. The predicted molar refractivity (Wildman–Crippen MR) is 171 cm³/mol. The molecule has 14 heteroatoms. The molecule has 48 heavy (non-hydrogen) atoms. The van der Waals surface area contributed by atoms with E-state index in [1.165, 1.54) is 38.2 Å². The van der Waals surface area contributed by atoms with E-state index in [4.69, 9.17) is 14.6 Å². The van der Waals surface area contributed by atoms with Crippen LogP contribution in [0.5, 0.6) is 0 Å². The molecule has 260 valence electrons. The number of carbonyl (C=O) groups excluding carboxylic acids is 5. The summed E-state index contributed by atoms with van der Waals surface area (Å²) in [5.74, 6) is -9.15. The quantitative estimate of drug-likeness (QED) is 0.0805. The Hall–Kier alpha value is -4.04. The van der Waals surface area contributed by atoms with Gasteiger partial charge in [-0.15, -0.1) is 0 Å². The molecule has 0 bridgehead atoms. The van der Waals surface area contributed by atoms with E-state index in [1.807, 2.05) is 12.2 Å². The maximum Gasteiger partial charge on any atom is 0.328 e. The number of ether oxygens (including phenoxy) is 2. The standard InChI is InChI=1S/C34H41NO12S/c1-17-25(46-19(3)37)14-23-22(28(17)40)12-11-20-13-21(9-7-5-6-8-10-27(38)39)34(31(44)33(20,23)4)29(41)26(47-32(34)45)16-48-15-24(30(42)43)35-18(2)36/h5-12,17,20-26,28,40H,13-16H2,1-4H3,(H,35,36)(H,38,39)(H,42,43)/b6-5+,9-7+,10-8+/t17-,20-,21+,22+,23-,24-,25+,26?,28+,33-,34-/m0/s1. The lowest BCUT2D eigenvalue weighted by atomic mass is 9.43. The highest BCUT2D eigenvalue weighted by molar-refractivity contribution is 7.99. The Morgan fingerprint density at radius 3 is 2.40 bits per heavy atom. The highest BCUT2D eigenvalue weighted by Crippen LogP contribution is 2.62. The van der Waals surface area contributed by atoms with E-state index >= 15 is 4.79 Å². The van der Waals surface area contributed by atoms with Gasteiger partial charge in [0.15, 0.2) is 23.1 Å². The Bertz CT molecular complexity index is 1480. The summed E-state index contributed by atoms with van der Waals surface area (Å²) < 4.78 is 11.2. The summed E-state index contributed by atoms with van der Waals surface area (Å²) in [4.78, 5) is 89.2. The summed E-state index contributed by atoms with van der Waals surface area (Å²) >= 11 is 0.978. The highest BCUT2D eigenvalue weighted by atomic mass is 32.2. The molecule has 0 radical (unpaired) electrons. The van der Waals surface area contributed by atoms with Crippen LogP contribution in [-0.2, 0) is 43.0 Å². The van der Waals surface area contributed by atoms with Crippen LogP contribution in [0.2, 0.25) is 0 Å². The molecule has 0 aromatic carbocycles. The number of rotatable bonds is 11. The summed E-state index contributed by atoms with van der Waals surface area (Å²) in [6, 6.07) is -1.25. The van der Waals surface area contributed by atoms with Gasteiger partial charge in [0.1, 0.15) is 12.1 Å². The molecule has 11 atom stereocenters. The lowest BCUT2D eigenvalue weighted by Crippen LogP contribution is -2.66. The maximum atomic E-state index is 15.1. The molecule has 1 heterocycles. The lowest BCUT2D eigenvalue weighted by molar-refractivity contribution is -0.180. The van der Waals surface area contributed by atoms with Crippen LogP contribution in [0.15, 0.2) is 48.6 Å². The molecule has 1 spiro atoms. The number of hydrogen-bond donors (Lipinski definition) is 4. The van der Waals surface area contributed by atoms with Crippen LogP contribution < -0.4 is 5.32 Å². The number of aliphatic hydroxyl groups is 1. The molecule has 13 nitrogen and oxygen atoms in total. The van der Waals surface area contributed by atoms with Crippen molar-refractivity contribution in [2.24, 2.45) is 40.4 Å². The smallest absolute Gasteiger partial charge is 0.328 e. The number of cyclic esters (lactones) is 1. The molecule has 2 saturated carbocycles. The van der Waals surface area contributed by atoms with Crippen LogP contribution in [0.3, 0.4) is 0 Å². The Kier molecular flexibility index (Phi) is 11.2. The number of Topliss-reactive ketones (excluding diaryl/α,β-unsaturated/α-hetero) is 2. The van der Waals surface area contributed by atoms with Crippen molar-refractivity contribution in [3.63, 3.8) is 0 Å². The van der Waals surface area contributed by atoms with Gasteiger partial charge in [0, 0.05) is 54.6 Å². The van der Waals surface area contributed by atoms with Gasteiger partial charge in [-0.2, -0.15) is 11.8 Å². The number of carboxylic acid groups (broad SMARTS) is 2. The van der Waals surface area contributed by atoms with E-state index in [1.54, 1.807) is 19.9 Å². The molecular weight excluding hydrogens is 646 g/mol. The van der Waals surface area contributed by atoms with Crippen LogP contribution in [-0.4, -0.2) is 92.5 Å². The van der Waals surface area contributed by atoms with E-state index in [0.717, 1.165) is 17.8 Å². The number of fused-ring (bicyclic) bond motifs is 3. The highest BCUT2D eigenvalue weighted by Gasteiger charge is 2.74. The topological polar surface area (TPSA) is 211 Å². The number of aliphatic hydroxyl groups excluding tert-OH is 1. The predicted octanol–water partition coefficient (Wildman–Crippen LogP) is 1.89. The van der Waals surface area contributed by atoms with Gasteiger partial charge < -0.3 is 30.1 Å². The number of esters is 2. The van der Waals surface area contributed by atoms with Gasteiger partial charge in [-0.05, 0) is 24.7 Å². The third kappa shape index (κ3) is 6.77. The van der Waals surface area contributed by atoms with Crippen molar-refractivity contribution in [3.8, 4) is 0 Å². The van der Waals surface area contributed by atoms with Gasteiger partial charge in [-0.3, -0.25) is 24.0 Å². The molecule has 1 aliphatic heterocycles. The van der Waals surface area contributed by atoms with Gasteiger partial charge in [-0.1, -0.05) is 56.4 Å². The number of nitrogens with one attached hydrogen (secondary N) is 1. The molecular formula is C34H41NO12S. The molecule has 1 saturated heterocycles. The first kappa shape index (κ1) is 36.8. The van der Waals surface area contributed by atoms with E-state index in [2.05, 4.69) is 5.32 Å². The number of allylic oxidation sites excluding steroid dienone is 6. The van der Waals surface area contributed by atoms with Gasteiger partial charge in [-0.25, -0.2) is 9.59 Å². The van der Waals surface area contributed by atoms with Crippen molar-refractivity contribution in [3.05, 3.63) is 48.6 Å². The zero-order chi connectivity index (χ0) is 35.6. The van der Waals surface area contributed by atoms with Gasteiger partial charge in [0.05, 0.1) is 6.10 Å². The fourth-order valence-electron chi connectivity index (χ4n) is 7.81. The molecule has 4 rings (SSSR count). The van der Waals surface area contributed by atoms with Crippen LogP contribution in [0, 0.1) is 40.4 Å². The molecule has 4 N–H and O–H groups in total. The van der Waals surface area contributed by atoms with Crippen LogP contribution >= 0.6 is 11.8 Å². The van der Waals surface area contributed by atoms with Crippen molar-refractivity contribution >= 4 is 53.1 Å². The van der Waals surface area contributed by atoms with Gasteiger partial charge in [0.25, 0.3) is 0 Å². The number of aliphatic carboxylic acids is 2. The van der Waals surface area contributed by atoms with Crippen LogP contribution in [0.25, 0.3) is 0 Å². The number of thioether (sulfide) groups is 1. The van der Waals surface area contributed by atoms with Gasteiger partial charge in [0.2, 0.25) is 5.91 Å².